The van der Waals surface area contributed by atoms with Crippen molar-refractivity contribution in [3.63, 3.8) is 0 Å². The fourth-order valence-corrected chi connectivity index (χ4v) is 2.02. The third-order valence-corrected chi connectivity index (χ3v) is 2.96. The minimum atomic E-state index is -0.186. The first kappa shape index (κ1) is 12.6. The van der Waals surface area contributed by atoms with Crippen LogP contribution in [0.25, 0.3) is 5.82 Å². The second-order valence-corrected chi connectivity index (χ2v) is 4.59. The van der Waals surface area contributed by atoms with Gasteiger partial charge in [-0.1, -0.05) is 23.7 Å². The molecule has 3 aromatic rings. The molecule has 0 aliphatic heterocycles. The van der Waals surface area contributed by atoms with Gasteiger partial charge in [-0.2, -0.15) is 5.10 Å². The second-order valence-electron chi connectivity index (χ2n) is 4.16. The van der Waals surface area contributed by atoms with Gasteiger partial charge in [0.2, 0.25) is 0 Å². The molecular weight excluding hydrogens is 278 g/mol. The maximum atomic E-state index is 11.9. The molecule has 0 atom stereocenters. The summed E-state index contributed by atoms with van der Waals surface area (Å²) >= 11 is 5.93. The Kier molecular flexibility index (Phi) is 3.30. The Morgan fingerprint density at radius 1 is 1.20 bits per heavy atom. The third kappa shape index (κ3) is 2.60. The normalized spacial score (nSPS) is 10.7. The number of benzene rings is 1. The number of rotatable bonds is 3. The summed E-state index contributed by atoms with van der Waals surface area (Å²) in [4.78, 5) is 15.7. The summed E-state index contributed by atoms with van der Waals surface area (Å²) < 4.78 is 2.86. The summed E-state index contributed by atoms with van der Waals surface area (Å²) in [7, 11) is 0. The van der Waals surface area contributed by atoms with Gasteiger partial charge in [0.05, 0.1) is 6.54 Å². The van der Waals surface area contributed by atoms with E-state index in [2.05, 4.69) is 15.2 Å². The molecule has 0 saturated carbocycles. The minimum Gasteiger partial charge on any atom is -0.268 e. The van der Waals surface area contributed by atoms with Crippen LogP contribution in [0.1, 0.15) is 5.56 Å². The highest BCUT2D eigenvalue weighted by molar-refractivity contribution is 6.30. The molecule has 0 N–H and O–H groups in total. The minimum absolute atomic E-state index is 0.186. The lowest BCUT2D eigenvalue weighted by atomic mass is 10.2. The lowest BCUT2D eigenvalue weighted by Gasteiger charge is -2.07. The van der Waals surface area contributed by atoms with Crippen molar-refractivity contribution in [3.8, 4) is 5.82 Å². The molecule has 2 heterocycles. The number of nitrogens with zero attached hydrogens (tertiary/aromatic N) is 5. The van der Waals surface area contributed by atoms with Crippen LogP contribution >= 0.6 is 11.6 Å². The van der Waals surface area contributed by atoms with Crippen molar-refractivity contribution in [2.24, 2.45) is 0 Å². The first-order valence-electron chi connectivity index (χ1n) is 5.90. The quantitative estimate of drug-likeness (QED) is 0.733. The Labute approximate surface area is 119 Å². The fourth-order valence-electron chi connectivity index (χ4n) is 1.81. The number of hydrogen-bond acceptors (Lipinski definition) is 4. The molecule has 0 fully saturated rings. The van der Waals surface area contributed by atoms with E-state index in [-0.39, 0.29) is 5.56 Å². The van der Waals surface area contributed by atoms with Crippen molar-refractivity contribution in [2.45, 2.75) is 6.54 Å². The summed E-state index contributed by atoms with van der Waals surface area (Å²) in [6, 6.07) is 10.4. The molecule has 2 aromatic heterocycles. The topological polar surface area (TPSA) is 65.6 Å². The Morgan fingerprint density at radius 3 is 2.85 bits per heavy atom. The highest BCUT2D eigenvalue weighted by atomic mass is 35.5. The van der Waals surface area contributed by atoms with Crippen molar-refractivity contribution in [2.75, 3.05) is 0 Å². The smallest absolute Gasteiger partial charge is 0.267 e. The van der Waals surface area contributed by atoms with Crippen LogP contribution in [0, 0.1) is 0 Å². The maximum absolute atomic E-state index is 11.9. The molecule has 0 aliphatic rings. The molecular formula is C13H10ClN5O. The van der Waals surface area contributed by atoms with Crippen LogP contribution < -0.4 is 5.56 Å². The SMILES string of the molecule is O=c1ccc(-n2cncn2)nn1Cc1cccc(Cl)c1. The Morgan fingerprint density at radius 2 is 2.10 bits per heavy atom. The third-order valence-electron chi connectivity index (χ3n) is 2.73. The predicted molar refractivity (Wildman–Crippen MR) is 74.0 cm³/mol. The molecule has 0 unspecified atom stereocenters. The molecule has 100 valence electrons. The second kappa shape index (κ2) is 5.26. The van der Waals surface area contributed by atoms with Gasteiger partial charge in [-0.05, 0) is 23.8 Å². The molecule has 0 amide bonds. The summed E-state index contributed by atoms with van der Waals surface area (Å²) in [5, 5.41) is 8.87. The van der Waals surface area contributed by atoms with Crippen LogP contribution in [0.15, 0.2) is 53.8 Å². The zero-order valence-corrected chi connectivity index (χ0v) is 11.1. The van der Waals surface area contributed by atoms with Crippen LogP contribution in [0.3, 0.4) is 0 Å². The lowest BCUT2D eigenvalue weighted by Crippen LogP contribution is -2.24. The predicted octanol–water partition coefficient (Wildman–Crippen LogP) is 1.53. The van der Waals surface area contributed by atoms with Crippen LogP contribution in [0.5, 0.6) is 0 Å². The van der Waals surface area contributed by atoms with Crippen LogP contribution in [0.2, 0.25) is 5.02 Å². The van der Waals surface area contributed by atoms with Crippen molar-refractivity contribution in [1.82, 2.24) is 24.5 Å². The van der Waals surface area contributed by atoms with Gasteiger partial charge in [-0.25, -0.2) is 14.3 Å². The summed E-state index contributed by atoms with van der Waals surface area (Å²) in [5.74, 6) is 0.532. The van der Waals surface area contributed by atoms with Gasteiger partial charge in [-0.3, -0.25) is 4.79 Å². The first-order valence-corrected chi connectivity index (χ1v) is 6.28. The zero-order valence-electron chi connectivity index (χ0n) is 10.3. The van der Waals surface area contributed by atoms with E-state index in [1.807, 2.05) is 12.1 Å². The van der Waals surface area contributed by atoms with Gasteiger partial charge in [0, 0.05) is 11.1 Å². The Hall–Kier alpha value is -2.47. The molecule has 0 spiro atoms. The van der Waals surface area contributed by atoms with E-state index in [0.29, 0.717) is 17.4 Å². The van der Waals surface area contributed by atoms with Crippen LogP contribution in [0.4, 0.5) is 0 Å². The molecule has 20 heavy (non-hydrogen) atoms. The standard InChI is InChI=1S/C13H10ClN5O/c14-11-3-1-2-10(6-11)7-18-13(20)5-4-12(17-18)19-9-15-8-16-19/h1-6,8-9H,7H2. The van der Waals surface area contributed by atoms with Gasteiger partial charge in [0.15, 0.2) is 5.82 Å². The highest BCUT2D eigenvalue weighted by Gasteiger charge is 2.04. The van der Waals surface area contributed by atoms with Gasteiger partial charge < -0.3 is 0 Å². The molecule has 6 nitrogen and oxygen atoms in total. The highest BCUT2D eigenvalue weighted by Crippen LogP contribution is 2.11. The number of hydrogen-bond donors (Lipinski definition) is 0. The van der Waals surface area contributed by atoms with E-state index in [0.717, 1.165) is 5.56 Å². The Bertz CT molecular complexity index is 781. The maximum Gasteiger partial charge on any atom is 0.267 e. The molecule has 7 heteroatoms. The van der Waals surface area contributed by atoms with E-state index in [1.54, 1.807) is 18.2 Å². The number of halogens is 1. The van der Waals surface area contributed by atoms with Crippen LogP contribution in [-0.4, -0.2) is 24.5 Å². The average Bonchev–Trinajstić information content (AvgIpc) is 2.95. The van der Waals surface area contributed by atoms with E-state index in [1.165, 1.54) is 28.1 Å². The van der Waals surface area contributed by atoms with Crippen molar-refractivity contribution in [3.05, 3.63) is 70.0 Å². The van der Waals surface area contributed by atoms with Crippen molar-refractivity contribution in [1.29, 1.82) is 0 Å². The average molecular weight is 288 g/mol. The van der Waals surface area contributed by atoms with E-state index in [9.17, 15) is 4.79 Å². The van der Waals surface area contributed by atoms with E-state index >= 15 is 0 Å². The summed E-state index contributed by atoms with van der Waals surface area (Å²) in [6.07, 6.45) is 2.94. The van der Waals surface area contributed by atoms with Gasteiger partial charge in [0.1, 0.15) is 12.7 Å². The Balaban J connectivity index is 1.97. The first-order chi connectivity index (χ1) is 9.72. The summed E-state index contributed by atoms with van der Waals surface area (Å²) in [6.45, 7) is 0.349. The summed E-state index contributed by atoms with van der Waals surface area (Å²) in [5.41, 5.74) is 0.719. The fraction of sp³-hybridized carbons (Fsp3) is 0.0769. The number of aromatic nitrogens is 5. The zero-order chi connectivity index (χ0) is 13.9. The monoisotopic (exact) mass is 287 g/mol. The largest absolute Gasteiger partial charge is 0.268 e. The van der Waals surface area contributed by atoms with Crippen molar-refractivity contribution >= 4 is 11.6 Å². The molecule has 0 radical (unpaired) electrons. The van der Waals surface area contributed by atoms with E-state index in [4.69, 9.17) is 11.6 Å². The molecule has 0 aliphatic carbocycles. The van der Waals surface area contributed by atoms with Crippen molar-refractivity contribution < 1.29 is 0 Å². The van der Waals surface area contributed by atoms with Gasteiger partial charge in [0.25, 0.3) is 5.56 Å². The molecule has 3 rings (SSSR count). The van der Waals surface area contributed by atoms with Gasteiger partial charge >= 0.3 is 0 Å². The molecule has 1 aromatic carbocycles. The lowest BCUT2D eigenvalue weighted by molar-refractivity contribution is 0.618. The molecule has 0 saturated heterocycles. The van der Waals surface area contributed by atoms with E-state index < -0.39 is 0 Å². The molecule has 0 bridgehead atoms. The van der Waals surface area contributed by atoms with Gasteiger partial charge in [-0.15, -0.1) is 5.10 Å². The van der Waals surface area contributed by atoms with Crippen LogP contribution in [-0.2, 0) is 6.54 Å².